The van der Waals surface area contributed by atoms with Gasteiger partial charge in [-0.05, 0) is 13.0 Å². The first-order valence-electron chi connectivity index (χ1n) is 7.85. The van der Waals surface area contributed by atoms with Gasteiger partial charge in [0, 0.05) is 48.6 Å². The third-order valence-electron chi connectivity index (χ3n) is 4.07. The van der Waals surface area contributed by atoms with E-state index in [2.05, 4.69) is 33.2 Å². The van der Waals surface area contributed by atoms with Crippen molar-refractivity contribution >= 4 is 46.7 Å². The van der Waals surface area contributed by atoms with Crippen LogP contribution in [0.4, 0.5) is 0 Å². The van der Waals surface area contributed by atoms with Gasteiger partial charge in [0.2, 0.25) is 5.91 Å². The summed E-state index contributed by atoms with van der Waals surface area (Å²) in [6.45, 7) is 4.56. The quantitative estimate of drug-likeness (QED) is 0.771. The highest BCUT2D eigenvalue weighted by Crippen LogP contribution is 2.28. The Morgan fingerprint density at radius 2 is 2.16 bits per heavy atom. The molecule has 1 fully saturated rings. The fraction of sp³-hybridized carbons (Fsp3) is 0.412. The number of nitrogens with one attached hydrogen (secondary N) is 1. The molecule has 1 atom stereocenters. The SMILES string of the molecule is C[C@H]1CNCCN1C(=O)CCc1ncc(-c2ccccc2Br)o1.Cl.Cl. The third kappa shape index (κ3) is 5.45. The van der Waals surface area contributed by atoms with E-state index in [1.165, 1.54) is 0 Å². The number of carbonyl (C=O) groups is 1. The minimum Gasteiger partial charge on any atom is -0.441 e. The number of oxazole rings is 1. The van der Waals surface area contributed by atoms with Gasteiger partial charge in [-0.3, -0.25) is 4.79 Å². The van der Waals surface area contributed by atoms with Crippen LogP contribution in [-0.4, -0.2) is 41.5 Å². The second-order valence-electron chi connectivity index (χ2n) is 5.74. The van der Waals surface area contributed by atoms with Crippen molar-refractivity contribution in [3.63, 3.8) is 0 Å². The first-order chi connectivity index (χ1) is 11.1. The van der Waals surface area contributed by atoms with Crippen molar-refractivity contribution in [3.8, 4) is 11.3 Å². The van der Waals surface area contributed by atoms with Gasteiger partial charge < -0.3 is 14.6 Å². The molecule has 1 aliphatic heterocycles. The van der Waals surface area contributed by atoms with Crippen LogP contribution in [0.1, 0.15) is 19.2 Å². The van der Waals surface area contributed by atoms with Gasteiger partial charge in [-0.15, -0.1) is 24.8 Å². The number of amides is 1. The summed E-state index contributed by atoms with van der Waals surface area (Å²) in [5, 5.41) is 3.29. The van der Waals surface area contributed by atoms with Crippen LogP contribution in [0.2, 0.25) is 0 Å². The molecule has 138 valence electrons. The summed E-state index contributed by atoms with van der Waals surface area (Å²) in [6, 6.07) is 8.10. The molecule has 5 nitrogen and oxygen atoms in total. The monoisotopic (exact) mass is 449 g/mol. The van der Waals surface area contributed by atoms with Crippen molar-refractivity contribution in [2.75, 3.05) is 19.6 Å². The lowest BCUT2D eigenvalue weighted by Crippen LogP contribution is -2.52. The molecule has 1 saturated heterocycles. The number of hydrogen-bond donors (Lipinski definition) is 1. The molecule has 3 rings (SSSR count). The molecule has 0 saturated carbocycles. The van der Waals surface area contributed by atoms with E-state index >= 15 is 0 Å². The molecule has 0 bridgehead atoms. The summed E-state index contributed by atoms with van der Waals surface area (Å²) >= 11 is 3.51. The number of nitrogens with zero attached hydrogens (tertiary/aromatic N) is 2. The van der Waals surface area contributed by atoms with Gasteiger partial charge in [0.25, 0.3) is 0 Å². The van der Waals surface area contributed by atoms with Crippen molar-refractivity contribution in [2.24, 2.45) is 0 Å². The zero-order valence-corrected chi connectivity index (χ0v) is 17.1. The predicted molar refractivity (Wildman–Crippen MR) is 107 cm³/mol. The molecule has 2 aromatic rings. The third-order valence-corrected chi connectivity index (χ3v) is 4.76. The maximum Gasteiger partial charge on any atom is 0.223 e. The summed E-state index contributed by atoms with van der Waals surface area (Å²) < 4.78 is 6.76. The van der Waals surface area contributed by atoms with E-state index in [-0.39, 0.29) is 36.8 Å². The molecule has 8 heteroatoms. The van der Waals surface area contributed by atoms with Crippen LogP contribution in [0.3, 0.4) is 0 Å². The number of carbonyl (C=O) groups excluding carboxylic acids is 1. The molecule has 1 aromatic carbocycles. The Bertz CT molecular complexity index is 696. The number of aryl methyl sites for hydroxylation is 1. The van der Waals surface area contributed by atoms with Crippen molar-refractivity contribution in [1.29, 1.82) is 0 Å². The van der Waals surface area contributed by atoms with E-state index in [9.17, 15) is 4.79 Å². The molecule has 0 radical (unpaired) electrons. The summed E-state index contributed by atoms with van der Waals surface area (Å²) in [5.41, 5.74) is 0.966. The highest BCUT2D eigenvalue weighted by Gasteiger charge is 2.23. The minimum atomic E-state index is 0. The zero-order chi connectivity index (χ0) is 16.2. The van der Waals surface area contributed by atoms with Crippen molar-refractivity contribution in [3.05, 3.63) is 40.8 Å². The average Bonchev–Trinajstić information content (AvgIpc) is 3.02. The lowest BCUT2D eigenvalue weighted by atomic mass is 10.2. The Kier molecular flexibility index (Phi) is 8.93. The van der Waals surface area contributed by atoms with Crippen LogP contribution in [0, 0.1) is 0 Å². The van der Waals surface area contributed by atoms with Crippen molar-refractivity contribution in [1.82, 2.24) is 15.2 Å². The molecule has 1 aliphatic rings. The minimum absolute atomic E-state index is 0. The summed E-state index contributed by atoms with van der Waals surface area (Å²) in [7, 11) is 0. The van der Waals surface area contributed by atoms with E-state index in [1.54, 1.807) is 6.20 Å². The summed E-state index contributed by atoms with van der Waals surface area (Å²) in [5.74, 6) is 1.49. The first-order valence-corrected chi connectivity index (χ1v) is 8.64. The Morgan fingerprint density at radius 1 is 1.40 bits per heavy atom. The number of piperazine rings is 1. The lowest BCUT2D eigenvalue weighted by Gasteiger charge is -2.34. The number of benzene rings is 1. The number of rotatable bonds is 4. The second kappa shape index (κ2) is 10.2. The maximum atomic E-state index is 12.3. The average molecular weight is 451 g/mol. The Balaban J connectivity index is 0.00000156. The molecule has 1 aromatic heterocycles. The maximum absolute atomic E-state index is 12.3. The molecular formula is C17H22BrCl2N3O2. The van der Waals surface area contributed by atoms with Gasteiger partial charge in [-0.2, -0.15) is 0 Å². The number of hydrogen-bond acceptors (Lipinski definition) is 4. The predicted octanol–water partition coefficient (Wildman–Crippen LogP) is 3.70. The fourth-order valence-electron chi connectivity index (χ4n) is 2.78. The topological polar surface area (TPSA) is 58.4 Å². The Labute approximate surface area is 168 Å². The van der Waals surface area contributed by atoms with Gasteiger partial charge in [0.1, 0.15) is 0 Å². The molecule has 25 heavy (non-hydrogen) atoms. The van der Waals surface area contributed by atoms with Crippen molar-refractivity contribution < 1.29 is 9.21 Å². The Morgan fingerprint density at radius 3 is 2.88 bits per heavy atom. The van der Waals surface area contributed by atoms with E-state index in [1.807, 2.05) is 29.2 Å². The molecular weight excluding hydrogens is 429 g/mol. The van der Waals surface area contributed by atoms with Crippen LogP contribution < -0.4 is 5.32 Å². The molecule has 1 N–H and O–H groups in total. The standard InChI is InChI=1S/C17H20BrN3O2.2ClH/c1-12-10-19-8-9-21(12)17(22)7-6-16-20-11-15(23-16)13-4-2-3-5-14(13)18;;/h2-5,11-12,19H,6-10H2,1H3;2*1H/t12-;;/m0../s1. The molecule has 0 aliphatic carbocycles. The summed E-state index contributed by atoms with van der Waals surface area (Å²) in [6.07, 6.45) is 2.67. The van der Waals surface area contributed by atoms with Gasteiger partial charge in [0.15, 0.2) is 11.7 Å². The highest BCUT2D eigenvalue weighted by molar-refractivity contribution is 9.10. The van der Waals surface area contributed by atoms with E-state index < -0.39 is 0 Å². The second-order valence-corrected chi connectivity index (χ2v) is 6.59. The van der Waals surface area contributed by atoms with E-state index in [0.29, 0.717) is 18.7 Å². The van der Waals surface area contributed by atoms with Gasteiger partial charge in [0.05, 0.1) is 6.20 Å². The molecule has 1 amide bonds. The number of aromatic nitrogens is 1. The molecule has 2 heterocycles. The van der Waals surface area contributed by atoms with Crippen molar-refractivity contribution in [2.45, 2.75) is 25.8 Å². The smallest absolute Gasteiger partial charge is 0.223 e. The van der Waals surface area contributed by atoms with Crippen LogP contribution in [0.5, 0.6) is 0 Å². The number of halogens is 3. The van der Waals surface area contributed by atoms with Crippen LogP contribution in [0.25, 0.3) is 11.3 Å². The van der Waals surface area contributed by atoms with E-state index in [0.717, 1.165) is 35.4 Å². The molecule has 0 unspecified atom stereocenters. The summed E-state index contributed by atoms with van der Waals surface area (Å²) in [4.78, 5) is 18.6. The van der Waals surface area contributed by atoms with Gasteiger partial charge in [-0.25, -0.2) is 4.98 Å². The van der Waals surface area contributed by atoms with Crippen LogP contribution in [-0.2, 0) is 11.2 Å². The van der Waals surface area contributed by atoms with Gasteiger partial charge in [-0.1, -0.05) is 34.1 Å². The van der Waals surface area contributed by atoms with Crippen LogP contribution in [0.15, 0.2) is 39.4 Å². The first kappa shape index (κ1) is 22.0. The Hall–Kier alpha value is -1.08. The van der Waals surface area contributed by atoms with Crippen LogP contribution >= 0.6 is 40.7 Å². The normalized spacial score (nSPS) is 16.7. The highest BCUT2D eigenvalue weighted by atomic mass is 79.9. The largest absolute Gasteiger partial charge is 0.441 e. The van der Waals surface area contributed by atoms with E-state index in [4.69, 9.17) is 4.42 Å². The fourth-order valence-corrected chi connectivity index (χ4v) is 3.26. The zero-order valence-electron chi connectivity index (χ0n) is 13.9. The molecule has 0 spiro atoms. The lowest BCUT2D eigenvalue weighted by molar-refractivity contribution is -0.134. The van der Waals surface area contributed by atoms with Gasteiger partial charge >= 0.3 is 0 Å².